The van der Waals surface area contributed by atoms with E-state index in [1.807, 2.05) is 0 Å². The molecule has 1 unspecified atom stereocenters. The zero-order valence-corrected chi connectivity index (χ0v) is 21.3. The van der Waals surface area contributed by atoms with Gasteiger partial charge in [0.25, 0.3) is 5.92 Å². The predicted molar refractivity (Wildman–Crippen MR) is 132 cm³/mol. The van der Waals surface area contributed by atoms with Crippen LogP contribution in [0, 0.1) is 0 Å². The van der Waals surface area contributed by atoms with Crippen molar-refractivity contribution in [3.63, 3.8) is 0 Å². The Morgan fingerprint density at radius 1 is 1.11 bits per heavy atom. The first kappa shape index (κ1) is 29.8. The molecule has 2 rings (SSSR count). The van der Waals surface area contributed by atoms with Crippen LogP contribution in [0.3, 0.4) is 0 Å². The van der Waals surface area contributed by atoms with Crippen molar-refractivity contribution >= 4 is 12.0 Å². The summed E-state index contributed by atoms with van der Waals surface area (Å²) in [6.07, 6.45) is 4.25. The number of rotatable bonds is 16. The molecule has 1 aliphatic rings. The summed E-state index contributed by atoms with van der Waals surface area (Å²) in [5.74, 6) is -3.31. The lowest BCUT2D eigenvalue weighted by molar-refractivity contribution is -0.149. The molecule has 0 spiro atoms. The van der Waals surface area contributed by atoms with Gasteiger partial charge in [0.2, 0.25) is 0 Å². The van der Waals surface area contributed by atoms with Gasteiger partial charge >= 0.3 is 12.0 Å². The summed E-state index contributed by atoms with van der Waals surface area (Å²) >= 11 is 0. The first-order valence-corrected chi connectivity index (χ1v) is 12.8. The summed E-state index contributed by atoms with van der Waals surface area (Å²) in [5.41, 5.74) is 0.803. The van der Waals surface area contributed by atoms with Crippen molar-refractivity contribution in [2.24, 2.45) is 0 Å². The number of amides is 2. The van der Waals surface area contributed by atoms with E-state index in [0.717, 1.165) is 31.2 Å². The molecule has 204 valence electrons. The summed E-state index contributed by atoms with van der Waals surface area (Å²) in [7, 11) is 0. The molecule has 0 heterocycles. The second kappa shape index (κ2) is 15.6. The van der Waals surface area contributed by atoms with Crippen molar-refractivity contribution < 1.29 is 37.7 Å². The van der Waals surface area contributed by atoms with Gasteiger partial charge in [-0.3, -0.25) is 0 Å². The maximum Gasteiger partial charge on any atom is 0.333 e. The van der Waals surface area contributed by atoms with E-state index in [9.17, 15) is 23.5 Å². The molecule has 1 atom stereocenters. The largest absolute Gasteiger partial charge is 0.492 e. The molecule has 2 amide bonds. The molecule has 1 aromatic rings. The Morgan fingerprint density at radius 2 is 1.78 bits per heavy atom. The van der Waals surface area contributed by atoms with Crippen molar-refractivity contribution in [2.75, 3.05) is 39.5 Å². The molecular weight excluding hydrogens is 474 g/mol. The first-order chi connectivity index (χ1) is 17.2. The number of ether oxygens (including phenoxy) is 3. The van der Waals surface area contributed by atoms with Crippen LogP contribution in [0.4, 0.5) is 13.6 Å². The zero-order valence-electron chi connectivity index (χ0n) is 21.3. The Kier molecular flexibility index (Phi) is 12.9. The lowest BCUT2D eigenvalue weighted by Crippen LogP contribution is -2.48. The third kappa shape index (κ3) is 11.1. The number of nitrogens with zero attached hydrogens (tertiary/aromatic N) is 1. The molecular formula is C26H40F2N2O6. The van der Waals surface area contributed by atoms with Crippen LogP contribution in [-0.2, 0) is 20.7 Å². The minimum absolute atomic E-state index is 0.00689. The fourth-order valence-corrected chi connectivity index (χ4v) is 3.95. The van der Waals surface area contributed by atoms with Crippen LogP contribution in [-0.4, -0.2) is 79.6 Å². The second-order valence-corrected chi connectivity index (χ2v) is 9.01. The van der Waals surface area contributed by atoms with E-state index in [-0.39, 0.29) is 51.2 Å². The van der Waals surface area contributed by atoms with Crippen LogP contribution in [0.25, 0.3) is 0 Å². The van der Waals surface area contributed by atoms with Gasteiger partial charge in [0, 0.05) is 32.0 Å². The predicted octanol–water partition coefficient (Wildman–Crippen LogP) is 4.50. The van der Waals surface area contributed by atoms with Crippen LogP contribution in [0.1, 0.15) is 57.9 Å². The number of benzene rings is 1. The number of urea groups is 1. The molecule has 10 heteroatoms. The van der Waals surface area contributed by atoms with Crippen LogP contribution in [0.5, 0.6) is 5.75 Å². The average Bonchev–Trinajstić information content (AvgIpc) is 2.86. The molecule has 8 nitrogen and oxygen atoms in total. The van der Waals surface area contributed by atoms with E-state index in [4.69, 9.17) is 14.2 Å². The maximum atomic E-state index is 13.4. The van der Waals surface area contributed by atoms with Crippen LogP contribution >= 0.6 is 0 Å². The standard InChI is InChI=1S/C26H40F2N2O6/c1-3-26(27,28)19-34-16-14-30(25(33)29-21-8-6-5-7-9-21)15-17-36-22-12-10-20(11-13-22)18-23(24(31)32)35-4-2/h10-13,21,23H,3-9,14-19H2,1-2H3,(H,29,33)(H,31,32). The smallest absolute Gasteiger partial charge is 0.333 e. The molecule has 1 saturated carbocycles. The number of carbonyl (C=O) groups excluding carboxylic acids is 1. The van der Waals surface area contributed by atoms with Gasteiger partial charge in [-0.2, -0.15) is 0 Å². The molecule has 0 saturated heterocycles. The Hall–Kier alpha value is -2.46. The highest BCUT2D eigenvalue weighted by molar-refractivity contribution is 5.74. The Labute approximate surface area is 212 Å². The van der Waals surface area contributed by atoms with Crippen LogP contribution in [0.15, 0.2) is 24.3 Å². The van der Waals surface area contributed by atoms with Gasteiger partial charge in [-0.1, -0.05) is 38.3 Å². The quantitative estimate of drug-likeness (QED) is 0.315. The summed E-state index contributed by atoms with van der Waals surface area (Å²) in [5, 5.41) is 12.3. The topological polar surface area (TPSA) is 97.3 Å². The summed E-state index contributed by atoms with van der Waals surface area (Å²) in [6, 6.07) is 6.91. The number of halogens is 2. The van der Waals surface area contributed by atoms with Gasteiger partial charge in [0.15, 0.2) is 6.10 Å². The number of hydrogen-bond acceptors (Lipinski definition) is 5. The molecule has 2 N–H and O–H groups in total. The lowest BCUT2D eigenvalue weighted by atomic mass is 9.96. The number of carbonyl (C=O) groups is 2. The third-order valence-corrected chi connectivity index (χ3v) is 6.17. The van der Waals surface area contributed by atoms with Crippen molar-refractivity contribution in [3.8, 4) is 5.75 Å². The number of alkyl halides is 2. The molecule has 0 aromatic heterocycles. The number of hydrogen-bond donors (Lipinski definition) is 2. The summed E-state index contributed by atoms with van der Waals surface area (Å²) < 4.78 is 43.0. The molecule has 0 aliphatic heterocycles. The van der Waals surface area contributed by atoms with Gasteiger partial charge in [-0.05, 0) is 37.5 Å². The zero-order chi connectivity index (χ0) is 26.4. The van der Waals surface area contributed by atoms with Crippen molar-refractivity contribution in [1.29, 1.82) is 0 Å². The van der Waals surface area contributed by atoms with E-state index in [0.29, 0.717) is 12.4 Å². The lowest BCUT2D eigenvalue weighted by Gasteiger charge is -2.28. The summed E-state index contributed by atoms with van der Waals surface area (Å²) in [4.78, 5) is 25.7. The van der Waals surface area contributed by atoms with Gasteiger partial charge in [0.1, 0.15) is 19.0 Å². The fraction of sp³-hybridized carbons (Fsp3) is 0.692. The Morgan fingerprint density at radius 3 is 2.39 bits per heavy atom. The molecule has 0 bridgehead atoms. The van der Waals surface area contributed by atoms with Gasteiger partial charge in [-0.15, -0.1) is 0 Å². The highest BCUT2D eigenvalue weighted by atomic mass is 19.3. The van der Waals surface area contributed by atoms with E-state index >= 15 is 0 Å². The SMILES string of the molecule is CCOC(Cc1ccc(OCCN(CCOCC(F)(F)CC)C(=O)NC2CCCCC2)cc1)C(=O)O. The second-order valence-electron chi connectivity index (χ2n) is 9.01. The van der Waals surface area contributed by atoms with E-state index < -0.39 is 24.6 Å². The first-order valence-electron chi connectivity index (χ1n) is 12.8. The Bertz CT molecular complexity index is 787. The molecule has 36 heavy (non-hydrogen) atoms. The van der Waals surface area contributed by atoms with Gasteiger partial charge in [-0.25, -0.2) is 18.4 Å². The maximum absolute atomic E-state index is 13.4. The average molecular weight is 515 g/mol. The molecule has 0 radical (unpaired) electrons. The van der Waals surface area contributed by atoms with Gasteiger partial charge < -0.3 is 29.5 Å². The molecule has 1 aromatic carbocycles. The van der Waals surface area contributed by atoms with E-state index in [1.165, 1.54) is 18.2 Å². The molecule has 1 fully saturated rings. The normalized spacial score (nSPS) is 15.3. The van der Waals surface area contributed by atoms with Crippen molar-refractivity contribution in [3.05, 3.63) is 29.8 Å². The number of aliphatic carboxylic acids is 1. The van der Waals surface area contributed by atoms with Crippen molar-refractivity contribution in [2.45, 2.75) is 76.9 Å². The van der Waals surface area contributed by atoms with Crippen molar-refractivity contribution in [1.82, 2.24) is 10.2 Å². The number of nitrogens with one attached hydrogen (secondary N) is 1. The van der Waals surface area contributed by atoms with E-state index in [1.54, 1.807) is 31.2 Å². The highest BCUT2D eigenvalue weighted by Crippen LogP contribution is 2.19. The Balaban J connectivity index is 1.87. The van der Waals surface area contributed by atoms with Gasteiger partial charge in [0.05, 0.1) is 13.2 Å². The van der Waals surface area contributed by atoms with Crippen LogP contribution < -0.4 is 10.1 Å². The van der Waals surface area contributed by atoms with Crippen LogP contribution in [0.2, 0.25) is 0 Å². The fourth-order valence-electron chi connectivity index (χ4n) is 3.95. The number of carboxylic acid groups (broad SMARTS) is 1. The summed E-state index contributed by atoms with van der Waals surface area (Å²) in [6.45, 7) is 3.45. The minimum atomic E-state index is -2.88. The molecule has 1 aliphatic carbocycles. The third-order valence-electron chi connectivity index (χ3n) is 6.17. The monoisotopic (exact) mass is 514 g/mol. The number of carboxylic acids is 1. The minimum Gasteiger partial charge on any atom is -0.492 e. The van der Waals surface area contributed by atoms with E-state index in [2.05, 4.69) is 5.32 Å². The highest BCUT2D eigenvalue weighted by Gasteiger charge is 2.26.